The van der Waals surface area contributed by atoms with Crippen molar-refractivity contribution in [3.63, 3.8) is 0 Å². The van der Waals surface area contributed by atoms with E-state index in [0.29, 0.717) is 31.7 Å². The van der Waals surface area contributed by atoms with Crippen molar-refractivity contribution >= 4 is 5.91 Å². The van der Waals surface area contributed by atoms with Crippen LogP contribution in [-0.2, 0) is 11.2 Å². The first-order chi connectivity index (χ1) is 11.5. The fraction of sp³-hybridized carbons (Fsp3) is 0.632. The lowest BCUT2D eigenvalue weighted by Crippen LogP contribution is -2.55. The van der Waals surface area contributed by atoms with Gasteiger partial charge in [-0.25, -0.2) is 0 Å². The number of aliphatic hydroxyl groups is 1. The van der Waals surface area contributed by atoms with Gasteiger partial charge in [-0.2, -0.15) is 0 Å². The van der Waals surface area contributed by atoms with Crippen LogP contribution in [0.1, 0.15) is 32.3 Å². The molecule has 0 bridgehead atoms. The molecule has 1 aromatic rings. The fourth-order valence-corrected chi connectivity index (χ4v) is 3.37. The average molecular weight is 334 g/mol. The van der Waals surface area contributed by atoms with Crippen LogP contribution in [0.2, 0.25) is 0 Å². The van der Waals surface area contributed by atoms with Gasteiger partial charge in [-0.15, -0.1) is 0 Å². The van der Waals surface area contributed by atoms with Crippen LogP contribution in [-0.4, -0.2) is 64.7 Å². The second-order valence-electron chi connectivity index (χ2n) is 7.06. The molecule has 1 saturated heterocycles. The maximum absolute atomic E-state index is 12.5. The summed E-state index contributed by atoms with van der Waals surface area (Å²) in [5.74, 6) is 0.981. The molecule has 1 unspecified atom stereocenters. The van der Waals surface area contributed by atoms with Gasteiger partial charge < -0.3 is 15.1 Å². The van der Waals surface area contributed by atoms with Crippen molar-refractivity contribution in [3.05, 3.63) is 29.8 Å². The van der Waals surface area contributed by atoms with Crippen molar-refractivity contribution in [3.8, 4) is 5.75 Å². The number of carbonyl (C=O) groups is 1. The maximum atomic E-state index is 12.5. The number of aromatic hydroxyl groups is 1. The number of aliphatic hydroxyl groups excluding tert-OH is 1. The van der Waals surface area contributed by atoms with E-state index in [2.05, 4.69) is 18.7 Å². The van der Waals surface area contributed by atoms with Gasteiger partial charge in [0.2, 0.25) is 5.91 Å². The molecule has 24 heavy (non-hydrogen) atoms. The minimum Gasteiger partial charge on any atom is -0.508 e. The quantitative estimate of drug-likeness (QED) is 0.799. The molecule has 1 amide bonds. The molecule has 1 fully saturated rings. The molecular weight excluding hydrogens is 304 g/mol. The number of phenols is 1. The van der Waals surface area contributed by atoms with Gasteiger partial charge in [0, 0.05) is 45.2 Å². The van der Waals surface area contributed by atoms with Crippen LogP contribution in [0.15, 0.2) is 24.3 Å². The van der Waals surface area contributed by atoms with E-state index in [0.717, 1.165) is 25.2 Å². The Balaban J connectivity index is 1.88. The third-order valence-electron chi connectivity index (χ3n) is 4.56. The Hall–Kier alpha value is -1.59. The molecule has 5 heteroatoms. The van der Waals surface area contributed by atoms with Crippen LogP contribution < -0.4 is 0 Å². The van der Waals surface area contributed by atoms with Gasteiger partial charge in [0.25, 0.3) is 0 Å². The summed E-state index contributed by atoms with van der Waals surface area (Å²) in [4.78, 5) is 16.9. The highest BCUT2D eigenvalue weighted by molar-refractivity contribution is 5.76. The third-order valence-corrected chi connectivity index (χ3v) is 4.56. The van der Waals surface area contributed by atoms with E-state index < -0.39 is 0 Å². The summed E-state index contributed by atoms with van der Waals surface area (Å²) in [6, 6.07) is 7.33. The summed E-state index contributed by atoms with van der Waals surface area (Å²) in [5, 5.41) is 18.8. The summed E-state index contributed by atoms with van der Waals surface area (Å²) >= 11 is 0. The van der Waals surface area contributed by atoms with Gasteiger partial charge in [-0.3, -0.25) is 9.69 Å². The van der Waals surface area contributed by atoms with E-state index in [1.165, 1.54) is 0 Å². The van der Waals surface area contributed by atoms with Gasteiger partial charge >= 0.3 is 0 Å². The van der Waals surface area contributed by atoms with Gasteiger partial charge in [0.15, 0.2) is 0 Å². The van der Waals surface area contributed by atoms with Crippen molar-refractivity contribution in [2.24, 2.45) is 5.92 Å². The summed E-state index contributed by atoms with van der Waals surface area (Å²) in [6.45, 7) is 7.90. The minimum absolute atomic E-state index is 0.157. The summed E-state index contributed by atoms with van der Waals surface area (Å²) in [5.41, 5.74) is 0.980. The predicted octanol–water partition coefficient (Wildman–Crippen LogP) is 1.88. The maximum Gasteiger partial charge on any atom is 0.222 e. The molecular formula is C19H30N2O3. The molecule has 1 aliphatic rings. The molecule has 0 aliphatic carbocycles. The second-order valence-corrected chi connectivity index (χ2v) is 7.06. The van der Waals surface area contributed by atoms with Crippen molar-refractivity contribution in [1.29, 1.82) is 0 Å². The van der Waals surface area contributed by atoms with Crippen LogP contribution in [0.4, 0.5) is 0 Å². The van der Waals surface area contributed by atoms with Crippen LogP contribution in [0.5, 0.6) is 5.75 Å². The topological polar surface area (TPSA) is 64.0 Å². The molecule has 1 aromatic carbocycles. The number of amides is 1. The number of hydrogen-bond donors (Lipinski definition) is 2. The molecule has 1 aliphatic heterocycles. The molecule has 134 valence electrons. The first kappa shape index (κ1) is 18.7. The lowest BCUT2D eigenvalue weighted by Gasteiger charge is -2.42. The molecule has 1 atom stereocenters. The Labute approximate surface area is 144 Å². The highest BCUT2D eigenvalue weighted by atomic mass is 16.3. The largest absolute Gasteiger partial charge is 0.508 e. The van der Waals surface area contributed by atoms with E-state index in [4.69, 9.17) is 0 Å². The summed E-state index contributed by atoms with van der Waals surface area (Å²) < 4.78 is 0. The van der Waals surface area contributed by atoms with Crippen LogP contribution in [0.25, 0.3) is 0 Å². The molecule has 5 nitrogen and oxygen atoms in total. The standard InChI is InChI=1S/C19H30N2O3/c1-15(2)13-20-9-10-21(14-17(20)8-11-22)19(24)7-6-16-4-3-5-18(23)12-16/h3-5,12,15,17,22-23H,6-11,13-14H2,1-2H3. The number of phenolic OH excluding ortho intramolecular Hbond substituents is 1. The van der Waals surface area contributed by atoms with Crippen molar-refractivity contribution in [2.75, 3.05) is 32.8 Å². The Morgan fingerprint density at radius 3 is 2.79 bits per heavy atom. The second kappa shape index (κ2) is 9.04. The van der Waals surface area contributed by atoms with Crippen molar-refractivity contribution in [2.45, 2.75) is 39.2 Å². The number of rotatable bonds is 7. The monoisotopic (exact) mass is 334 g/mol. The van der Waals surface area contributed by atoms with E-state index in [1.54, 1.807) is 18.2 Å². The SMILES string of the molecule is CC(C)CN1CCN(C(=O)CCc2cccc(O)c2)CC1CCO. The van der Waals surface area contributed by atoms with Crippen LogP contribution >= 0.6 is 0 Å². The molecule has 0 radical (unpaired) electrons. The highest BCUT2D eigenvalue weighted by Gasteiger charge is 2.29. The number of aryl methyl sites for hydroxylation is 1. The fourth-order valence-electron chi connectivity index (χ4n) is 3.37. The van der Waals surface area contributed by atoms with Gasteiger partial charge in [-0.1, -0.05) is 26.0 Å². The van der Waals surface area contributed by atoms with Crippen molar-refractivity contribution in [1.82, 2.24) is 9.80 Å². The van der Waals surface area contributed by atoms with E-state index in [1.807, 2.05) is 11.0 Å². The van der Waals surface area contributed by atoms with Crippen LogP contribution in [0.3, 0.4) is 0 Å². The zero-order chi connectivity index (χ0) is 17.5. The lowest BCUT2D eigenvalue weighted by atomic mass is 10.0. The van der Waals surface area contributed by atoms with E-state index in [9.17, 15) is 15.0 Å². The van der Waals surface area contributed by atoms with Gasteiger partial charge in [0.1, 0.15) is 5.75 Å². The zero-order valence-electron chi connectivity index (χ0n) is 14.8. The van der Waals surface area contributed by atoms with Gasteiger partial charge in [0.05, 0.1) is 0 Å². The lowest BCUT2D eigenvalue weighted by molar-refractivity contribution is -0.134. The highest BCUT2D eigenvalue weighted by Crippen LogP contribution is 2.17. The first-order valence-electron chi connectivity index (χ1n) is 8.90. The molecule has 2 N–H and O–H groups in total. The van der Waals surface area contributed by atoms with Crippen LogP contribution in [0, 0.1) is 5.92 Å². The molecule has 2 rings (SSSR count). The van der Waals surface area contributed by atoms with Gasteiger partial charge in [-0.05, 0) is 36.5 Å². The number of carbonyl (C=O) groups excluding carboxylic acids is 1. The van der Waals surface area contributed by atoms with E-state index in [-0.39, 0.29) is 24.3 Å². The molecule has 1 heterocycles. The number of piperazine rings is 1. The number of benzene rings is 1. The minimum atomic E-state index is 0.157. The zero-order valence-corrected chi connectivity index (χ0v) is 14.8. The third kappa shape index (κ3) is 5.49. The smallest absolute Gasteiger partial charge is 0.222 e. The summed E-state index contributed by atoms with van der Waals surface area (Å²) in [7, 11) is 0. The Morgan fingerprint density at radius 2 is 2.12 bits per heavy atom. The van der Waals surface area contributed by atoms with Crippen molar-refractivity contribution < 1.29 is 15.0 Å². The Bertz CT molecular complexity index is 533. The molecule has 0 aromatic heterocycles. The Morgan fingerprint density at radius 1 is 1.33 bits per heavy atom. The molecule has 0 spiro atoms. The number of nitrogens with zero attached hydrogens (tertiary/aromatic N) is 2. The van der Waals surface area contributed by atoms with E-state index >= 15 is 0 Å². The number of hydrogen-bond acceptors (Lipinski definition) is 4. The average Bonchev–Trinajstić information content (AvgIpc) is 2.54. The predicted molar refractivity (Wildman–Crippen MR) is 94.9 cm³/mol. The summed E-state index contributed by atoms with van der Waals surface area (Å²) in [6.07, 6.45) is 1.81. The first-order valence-corrected chi connectivity index (χ1v) is 8.90. The Kier molecular flexibility index (Phi) is 7.06. The molecule has 0 saturated carbocycles. The normalized spacial score (nSPS) is 19.0.